The van der Waals surface area contributed by atoms with Crippen LogP contribution in [0.1, 0.15) is 37.7 Å². The lowest BCUT2D eigenvalue weighted by Gasteiger charge is -2.20. The van der Waals surface area contributed by atoms with E-state index in [-0.39, 0.29) is 12.1 Å². The van der Waals surface area contributed by atoms with Crippen LogP contribution in [0.3, 0.4) is 0 Å². The molecule has 2 atom stereocenters. The van der Waals surface area contributed by atoms with E-state index in [0.717, 1.165) is 6.42 Å². The fourth-order valence-corrected chi connectivity index (χ4v) is 2.03. The third kappa shape index (κ3) is 6.16. The monoisotopic (exact) mass is 303 g/mol. The van der Waals surface area contributed by atoms with Gasteiger partial charge in [-0.25, -0.2) is 0 Å². The summed E-state index contributed by atoms with van der Waals surface area (Å²) < 4.78 is 39.2. The Morgan fingerprint density at radius 1 is 1.29 bits per heavy atom. The van der Waals surface area contributed by atoms with Gasteiger partial charge in [0.2, 0.25) is 5.91 Å². The van der Waals surface area contributed by atoms with E-state index in [1.54, 1.807) is 6.07 Å². The number of aliphatic hydroxyl groups is 1. The van der Waals surface area contributed by atoms with Gasteiger partial charge in [-0.3, -0.25) is 4.79 Å². The fourth-order valence-electron chi connectivity index (χ4n) is 2.03. The van der Waals surface area contributed by atoms with Gasteiger partial charge in [0.05, 0.1) is 12.0 Å². The summed E-state index contributed by atoms with van der Waals surface area (Å²) in [6, 6.07) is 7.36. The van der Waals surface area contributed by atoms with Crippen LogP contribution < -0.4 is 5.32 Å². The minimum atomic E-state index is -4.49. The van der Waals surface area contributed by atoms with E-state index in [1.807, 2.05) is 6.92 Å². The molecule has 0 aliphatic heterocycles. The van der Waals surface area contributed by atoms with Crippen molar-refractivity contribution in [2.24, 2.45) is 0 Å². The highest BCUT2D eigenvalue weighted by Crippen LogP contribution is 2.37. The molecule has 0 fully saturated rings. The van der Waals surface area contributed by atoms with E-state index in [1.165, 1.54) is 24.3 Å². The first-order valence-electron chi connectivity index (χ1n) is 6.91. The second-order valence-corrected chi connectivity index (χ2v) is 4.96. The molecule has 1 rings (SSSR count). The molecule has 0 aliphatic rings. The maximum Gasteiger partial charge on any atom is 0.396 e. The third-order valence-electron chi connectivity index (χ3n) is 3.14. The van der Waals surface area contributed by atoms with Gasteiger partial charge in [-0.1, -0.05) is 43.7 Å². The Kier molecular flexibility index (Phi) is 6.68. The van der Waals surface area contributed by atoms with Crippen LogP contribution in [0.2, 0.25) is 0 Å². The average Bonchev–Trinajstić information content (AvgIpc) is 2.42. The number of nitrogens with one attached hydrogen (secondary N) is 1. The Morgan fingerprint density at radius 3 is 2.43 bits per heavy atom. The van der Waals surface area contributed by atoms with E-state index in [2.05, 4.69) is 5.32 Å². The number of amides is 1. The Balaban J connectivity index is 2.64. The van der Waals surface area contributed by atoms with Crippen molar-refractivity contribution in [3.63, 3.8) is 0 Å². The molecule has 1 aromatic carbocycles. The number of alkyl halides is 3. The summed E-state index contributed by atoms with van der Waals surface area (Å²) in [5.74, 6) is -2.54. The van der Waals surface area contributed by atoms with Gasteiger partial charge in [-0.15, -0.1) is 0 Å². The van der Waals surface area contributed by atoms with Crippen LogP contribution >= 0.6 is 0 Å². The van der Waals surface area contributed by atoms with Crippen molar-refractivity contribution in [1.29, 1.82) is 0 Å². The number of hydrogen-bond donors (Lipinski definition) is 2. The predicted octanol–water partition coefficient (Wildman–Crippen LogP) is 3.00. The highest BCUT2D eigenvalue weighted by molar-refractivity contribution is 5.77. The first kappa shape index (κ1) is 17.5. The summed E-state index contributed by atoms with van der Waals surface area (Å²) in [5.41, 5.74) is 0.0641. The van der Waals surface area contributed by atoms with Crippen molar-refractivity contribution >= 4 is 5.91 Å². The van der Waals surface area contributed by atoms with Gasteiger partial charge < -0.3 is 10.4 Å². The van der Waals surface area contributed by atoms with E-state index in [9.17, 15) is 23.1 Å². The normalized spacial score (nSPS) is 14.5. The molecule has 0 heterocycles. The maximum absolute atomic E-state index is 13.1. The van der Waals surface area contributed by atoms with Crippen molar-refractivity contribution in [3.05, 3.63) is 35.9 Å². The zero-order chi connectivity index (χ0) is 15.9. The molecule has 1 aromatic rings. The lowest BCUT2D eigenvalue weighted by Crippen LogP contribution is -2.35. The minimum absolute atomic E-state index is 0.0218. The summed E-state index contributed by atoms with van der Waals surface area (Å²) in [7, 11) is 0. The lowest BCUT2D eigenvalue weighted by atomic mass is 9.95. The standard InChI is InChI=1S/C15H20F3NO2/c1-2-6-12(20)10-19-14(21)9-13(15(16,17)18)11-7-4-3-5-8-11/h3-5,7-8,12-13,20H,2,6,9-10H2,1H3,(H,19,21). The van der Waals surface area contributed by atoms with E-state index in [0.29, 0.717) is 6.42 Å². The molecule has 118 valence electrons. The van der Waals surface area contributed by atoms with E-state index >= 15 is 0 Å². The van der Waals surface area contributed by atoms with Crippen molar-refractivity contribution in [2.45, 2.75) is 44.4 Å². The van der Waals surface area contributed by atoms with Crippen LogP contribution in [0, 0.1) is 0 Å². The van der Waals surface area contributed by atoms with E-state index in [4.69, 9.17) is 0 Å². The molecule has 2 N–H and O–H groups in total. The zero-order valence-corrected chi connectivity index (χ0v) is 11.9. The topological polar surface area (TPSA) is 49.3 Å². The highest BCUT2D eigenvalue weighted by Gasteiger charge is 2.41. The van der Waals surface area contributed by atoms with Crippen LogP contribution in [0.5, 0.6) is 0 Å². The number of carbonyl (C=O) groups is 1. The molecule has 0 bridgehead atoms. The van der Waals surface area contributed by atoms with Gasteiger partial charge in [0.1, 0.15) is 0 Å². The van der Waals surface area contributed by atoms with Crippen LogP contribution in [0.15, 0.2) is 30.3 Å². The second kappa shape index (κ2) is 8.02. The highest BCUT2D eigenvalue weighted by atomic mass is 19.4. The first-order valence-corrected chi connectivity index (χ1v) is 6.91. The van der Waals surface area contributed by atoms with Gasteiger partial charge >= 0.3 is 6.18 Å². The minimum Gasteiger partial charge on any atom is -0.391 e. The molecular formula is C15H20F3NO2. The molecule has 0 aromatic heterocycles. The van der Waals surface area contributed by atoms with Crippen molar-refractivity contribution in [3.8, 4) is 0 Å². The quantitative estimate of drug-likeness (QED) is 0.813. The molecule has 0 radical (unpaired) electrons. The summed E-state index contributed by atoms with van der Waals surface area (Å²) in [6.07, 6.45) is -4.64. The summed E-state index contributed by atoms with van der Waals surface area (Å²) >= 11 is 0. The Morgan fingerprint density at radius 2 is 1.90 bits per heavy atom. The fraction of sp³-hybridized carbons (Fsp3) is 0.533. The van der Waals surface area contributed by atoms with Gasteiger partial charge in [-0.05, 0) is 12.0 Å². The third-order valence-corrected chi connectivity index (χ3v) is 3.14. The number of aliphatic hydroxyl groups excluding tert-OH is 1. The molecule has 2 unspecified atom stereocenters. The number of halogens is 3. The SMILES string of the molecule is CCCC(O)CNC(=O)CC(c1ccccc1)C(F)(F)F. The molecule has 0 aliphatic carbocycles. The average molecular weight is 303 g/mol. The predicted molar refractivity (Wildman–Crippen MR) is 73.8 cm³/mol. The zero-order valence-electron chi connectivity index (χ0n) is 11.9. The molecule has 0 saturated carbocycles. The van der Waals surface area contributed by atoms with Crippen LogP contribution in [0.4, 0.5) is 13.2 Å². The van der Waals surface area contributed by atoms with Gasteiger partial charge in [-0.2, -0.15) is 13.2 Å². The number of rotatable bonds is 7. The van der Waals surface area contributed by atoms with Gasteiger partial charge in [0, 0.05) is 13.0 Å². The van der Waals surface area contributed by atoms with Crippen molar-refractivity contribution in [2.75, 3.05) is 6.54 Å². The smallest absolute Gasteiger partial charge is 0.391 e. The summed E-state index contributed by atoms with van der Waals surface area (Å²) in [6.45, 7) is 1.85. The van der Waals surface area contributed by atoms with E-state index < -0.39 is 30.5 Å². The Bertz CT molecular complexity index is 434. The summed E-state index contributed by atoms with van der Waals surface area (Å²) in [5, 5.41) is 11.8. The van der Waals surface area contributed by atoms with Gasteiger partial charge in [0.15, 0.2) is 0 Å². The lowest BCUT2D eigenvalue weighted by molar-refractivity contribution is -0.157. The molecule has 3 nitrogen and oxygen atoms in total. The number of benzene rings is 1. The largest absolute Gasteiger partial charge is 0.396 e. The van der Waals surface area contributed by atoms with Crippen molar-refractivity contribution in [1.82, 2.24) is 5.32 Å². The molecule has 0 saturated heterocycles. The number of hydrogen-bond acceptors (Lipinski definition) is 2. The maximum atomic E-state index is 13.1. The van der Waals surface area contributed by atoms with Gasteiger partial charge in [0.25, 0.3) is 0 Å². The molecule has 0 spiro atoms. The Hall–Kier alpha value is -1.56. The molecular weight excluding hydrogens is 283 g/mol. The van der Waals surface area contributed by atoms with Crippen LogP contribution in [-0.4, -0.2) is 29.8 Å². The molecule has 21 heavy (non-hydrogen) atoms. The number of carbonyl (C=O) groups excluding carboxylic acids is 1. The van der Waals surface area contributed by atoms with Crippen LogP contribution in [0.25, 0.3) is 0 Å². The summed E-state index contributed by atoms with van der Waals surface area (Å²) in [4.78, 5) is 11.7. The molecule has 6 heteroatoms. The van der Waals surface area contributed by atoms with Crippen molar-refractivity contribution < 1.29 is 23.1 Å². The Labute approximate surface area is 122 Å². The molecule has 1 amide bonds. The van der Waals surface area contributed by atoms with Crippen LogP contribution in [-0.2, 0) is 4.79 Å². The second-order valence-electron chi connectivity index (χ2n) is 4.96. The first-order chi connectivity index (χ1) is 9.84.